The van der Waals surface area contributed by atoms with E-state index in [1.807, 2.05) is 0 Å². The molecule has 0 bridgehead atoms. The first-order valence-electron chi connectivity index (χ1n) is 11.6. The average Bonchev–Trinajstić information content (AvgIpc) is 3.32. The van der Waals surface area contributed by atoms with Crippen LogP contribution in [0.25, 0.3) is 11.2 Å². The number of aromatic nitrogens is 4. The number of thioether (sulfide) groups is 1. The fourth-order valence-electron chi connectivity index (χ4n) is 3.84. The molecule has 0 saturated carbocycles. The average molecular weight is 520 g/mol. The van der Waals surface area contributed by atoms with E-state index in [9.17, 15) is 14.8 Å². The molecule has 1 aliphatic rings. The number of hydrogen-bond acceptors (Lipinski definition) is 10. The molecule has 0 aromatic carbocycles. The molecular weight excluding hydrogens is 485 g/mol. The highest BCUT2D eigenvalue weighted by molar-refractivity contribution is 7.99. The van der Waals surface area contributed by atoms with Gasteiger partial charge in [-0.05, 0) is 6.42 Å². The van der Waals surface area contributed by atoms with Crippen LogP contribution in [0.5, 0.6) is 0 Å². The largest absolute Gasteiger partial charge is 0.469 e. The smallest absolute Gasteiger partial charge is 0.387 e. The van der Waals surface area contributed by atoms with Gasteiger partial charge >= 0.3 is 7.82 Å². The molecule has 192 valence electrons. The van der Waals surface area contributed by atoms with Crippen molar-refractivity contribution in [2.45, 2.75) is 88.0 Å². The Morgan fingerprint density at radius 2 is 1.79 bits per heavy atom. The summed E-state index contributed by atoms with van der Waals surface area (Å²) in [7, 11) is -4.75. The predicted octanol–water partition coefficient (Wildman–Crippen LogP) is 2.37. The van der Waals surface area contributed by atoms with Gasteiger partial charge in [-0.2, -0.15) is 0 Å². The molecule has 0 radical (unpaired) electrons. The number of aliphatic hydroxyl groups excluding tert-OH is 2. The summed E-state index contributed by atoms with van der Waals surface area (Å²) in [6.45, 7) is 1.62. The van der Waals surface area contributed by atoms with Crippen LogP contribution in [-0.4, -0.2) is 70.2 Å². The lowest BCUT2D eigenvalue weighted by Gasteiger charge is -2.17. The Kier molecular flexibility index (Phi) is 10.1. The van der Waals surface area contributed by atoms with Crippen molar-refractivity contribution in [2.75, 3.05) is 18.1 Å². The third-order valence-electron chi connectivity index (χ3n) is 5.68. The van der Waals surface area contributed by atoms with Crippen LogP contribution < -0.4 is 5.73 Å². The molecular formula is C20H34N5O7PS. The van der Waals surface area contributed by atoms with Gasteiger partial charge in [0.1, 0.15) is 23.8 Å². The first-order valence-corrected chi connectivity index (χ1v) is 14.1. The number of phosphoric ester groups is 1. The van der Waals surface area contributed by atoms with Crippen LogP contribution in [-0.2, 0) is 13.8 Å². The number of nitrogens with two attached hydrogens (primary N) is 1. The maximum atomic E-state index is 11.0. The number of rotatable bonds is 14. The molecule has 0 aliphatic carbocycles. The maximum Gasteiger partial charge on any atom is 0.469 e. The summed E-state index contributed by atoms with van der Waals surface area (Å²) in [4.78, 5) is 30.8. The number of imidazole rings is 1. The third-order valence-corrected chi connectivity index (χ3v) is 7.09. The van der Waals surface area contributed by atoms with Gasteiger partial charge in [0.15, 0.2) is 22.8 Å². The van der Waals surface area contributed by atoms with E-state index >= 15 is 0 Å². The lowest BCUT2D eigenvalue weighted by molar-refractivity contribution is -0.0504. The number of phosphoric acid groups is 1. The molecule has 12 nitrogen and oxygen atoms in total. The van der Waals surface area contributed by atoms with Crippen molar-refractivity contribution in [3.63, 3.8) is 0 Å². The Bertz CT molecular complexity index is 974. The minimum absolute atomic E-state index is 0.191. The molecule has 2 aromatic rings. The highest BCUT2D eigenvalue weighted by Crippen LogP contribution is 2.39. The van der Waals surface area contributed by atoms with E-state index in [0.717, 1.165) is 18.6 Å². The number of fused-ring (bicyclic) bond motifs is 1. The number of unbranched alkanes of at least 4 members (excludes halogenated alkanes) is 7. The second kappa shape index (κ2) is 12.6. The number of nitrogen functional groups attached to an aromatic ring is 1. The van der Waals surface area contributed by atoms with Crippen molar-refractivity contribution in [3.8, 4) is 0 Å². The van der Waals surface area contributed by atoms with Crippen LogP contribution in [0.3, 0.4) is 0 Å². The summed E-state index contributed by atoms with van der Waals surface area (Å²) in [5.41, 5.74) is 6.73. The van der Waals surface area contributed by atoms with E-state index in [0.29, 0.717) is 16.3 Å². The van der Waals surface area contributed by atoms with Gasteiger partial charge in [-0.15, -0.1) is 0 Å². The lowest BCUT2D eigenvalue weighted by atomic mass is 10.1. The first kappa shape index (κ1) is 27.3. The van der Waals surface area contributed by atoms with Crippen LogP contribution in [0.4, 0.5) is 5.82 Å². The second-order valence-electron chi connectivity index (χ2n) is 8.37. The van der Waals surface area contributed by atoms with Crippen molar-refractivity contribution >= 4 is 36.6 Å². The van der Waals surface area contributed by atoms with Gasteiger partial charge in [-0.3, -0.25) is 9.09 Å². The van der Waals surface area contributed by atoms with Gasteiger partial charge in [0.05, 0.1) is 12.9 Å². The van der Waals surface area contributed by atoms with Crippen molar-refractivity contribution in [1.82, 2.24) is 19.5 Å². The number of anilines is 1. The number of nitrogens with zero attached hydrogens (tertiary/aromatic N) is 4. The summed E-state index contributed by atoms with van der Waals surface area (Å²) in [6.07, 6.45) is 6.11. The summed E-state index contributed by atoms with van der Waals surface area (Å²) < 4.78 is 22.4. The zero-order valence-corrected chi connectivity index (χ0v) is 20.9. The molecule has 0 unspecified atom stereocenters. The summed E-state index contributed by atoms with van der Waals surface area (Å²) in [6, 6.07) is 0. The molecule has 1 fully saturated rings. The Balaban J connectivity index is 1.60. The minimum Gasteiger partial charge on any atom is -0.387 e. The summed E-state index contributed by atoms with van der Waals surface area (Å²) >= 11 is 1.49. The highest BCUT2D eigenvalue weighted by atomic mass is 32.2. The Hall–Kier alpha value is -1.31. The van der Waals surface area contributed by atoms with E-state index in [2.05, 4.69) is 26.4 Å². The molecule has 6 N–H and O–H groups in total. The molecule has 1 saturated heterocycles. The van der Waals surface area contributed by atoms with Crippen LogP contribution in [0.1, 0.15) is 64.5 Å². The second-order valence-corrected chi connectivity index (χ2v) is 10.7. The van der Waals surface area contributed by atoms with Gasteiger partial charge in [0, 0.05) is 5.75 Å². The van der Waals surface area contributed by atoms with Gasteiger partial charge in [0.25, 0.3) is 0 Å². The standard InChI is InChI=1S/C20H34N5O7PS/c1-2-3-4-5-6-7-8-9-10-34-20-23-17(21)14-18(24-20)25(12-22-14)19-16(27)15(26)13(32-19)11-31-33(28,29)30/h12-13,15-16,19,26-27H,2-11H2,1H3,(H2,21,23,24)(H2,28,29,30)/t13-,15-,16-,19-/m1/s1. The zero-order chi connectivity index (χ0) is 24.7. The number of ether oxygens (including phenoxy) is 1. The summed E-state index contributed by atoms with van der Waals surface area (Å²) in [5, 5.41) is 21.2. The molecule has 3 rings (SSSR count). The summed E-state index contributed by atoms with van der Waals surface area (Å²) in [5.74, 6) is 1.04. The van der Waals surface area contributed by atoms with Gasteiger partial charge in [-0.1, -0.05) is 63.6 Å². The topological polar surface area (TPSA) is 186 Å². The zero-order valence-electron chi connectivity index (χ0n) is 19.2. The predicted molar refractivity (Wildman–Crippen MR) is 127 cm³/mol. The van der Waals surface area contributed by atoms with Crippen molar-refractivity contribution < 1.29 is 33.8 Å². The van der Waals surface area contributed by atoms with Crippen LogP contribution >= 0.6 is 19.6 Å². The quantitative estimate of drug-likeness (QED) is 0.106. The fourth-order valence-corrected chi connectivity index (χ4v) is 5.02. The van der Waals surface area contributed by atoms with E-state index in [4.69, 9.17) is 20.3 Å². The molecule has 34 heavy (non-hydrogen) atoms. The van der Waals surface area contributed by atoms with Crippen LogP contribution in [0.2, 0.25) is 0 Å². The Labute approximate surface area is 202 Å². The van der Waals surface area contributed by atoms with Crippen molar-refractivity contribution in [2.24, 2.45) is 0 Å². The third kappa shape index (κ3) is 7.34. The number of aliphatic hydroxyl groups is 2. The van der Waals surface area contributed by atoms with E-state index in [1.54, 1.807) is 0 Å². The van der Waals surface area contributed by atoms with E-state index in [-0.39, 0.29) is 5.82 Å². The molecule has 2 aromatic heterocycles. The number of hydrogen-bond donors (Lipinski definition) is 5. The highest BCUT2D eigenvalue weighted by Gasteiger charge is 2.45. The molecule has 3 heterocycles. The Morgan fingerprint density at radius 3 is 2.47 bits per heavy atom. The maximum absolute atomic E-state index is 11.0. The minimum atomic E-state index is -4.75. The van der Waals surface area contributed by atoms with Gasteiger partial charge < -0.3 is 30.5 Å². The van der Waals surface area contributed by atoms with E-state index < -0.39 is 39.0 Å². The lowest BCUT2D eigenvalue weighted by Crippen LogP contribution is -2.33. The fraction of sp³-hybridized carbons (Fsp3) is 0.750. The Morgan fingerprint density at radius 1 is 1.12 bits per heavy atom. The van der Waals surface area contributed by atoms with Crippen molar-refractivity contribution in [3.05, 3.63) is 6.33 Å². The van der Waals surface area contributed by atoms with Crippen molar-refractivity contribution in [1.29, 1.82) is 0 Å². The SMILES string of the molecule is CCCCCCCCCCSc1nc(N)c2ncn([C@@H]3O[C@H](COP(=O)(O)O)[C@@H](O)[C@H]3O)c2n1. The molecule has 0 amide bonds. The van der Waals surface area contributed by atoms with Gasteiger partial charge in [0.2, 0.25) is 0 Å². The monoisotopic (exact) mass is 519 g/mol. The van der Waals surface area contributed by atoms with Gasteiger partial charge in [-0.25, -0.2) is 19.5 Å². The first-order chi connectivity index (χ1) is 16.2. The molecule has 14 heteroatoms. The molecule has 4 atom stereocenters. The molecule has 1 aliphatic heterocycles. The molecule has 0 spiro atoms. The van der Waals surface area contributed by atoms with Crippen LogP contribution in [0.15, 0.2) is 11.5 Å². The van der Waals surface area contributed by atoms with E-state index in [1.165, 1.54) is 61.2 Å². The van der Waals surface area contributed by atoms with Crippen LogP contribution in [0, 0.1) is 0 Å². The normalized spacial score (nSPS) is 23.2.